The lowest BCUT2D eigenvalue weighted by Gasteiger charge is -2.42. The van der Waals surface area contributed by atoms with Gasteiger partial charge in [0.1, 0.15) is 0 Å². The van der Waals surface area contributed by atoms with Gasteiger partial charge in [-0.3, -0.25) is 9.80 Å². The summed E-state index contributed by atoms with van der Waals surface area (Å²) in [7, 11) is -3.70. The van der Waals surface area contributed by atoms with Crippen LogP contribution in [0.2, 0.25) is 5.02 Å². The summed E-state index contributed by atoms with van der Waals surface area (Å²) in [6, 6.07) is 14.2. The molecule has 4 rings (SSSR count). The predicted molar refractivity (Wildman–Crippen MR) is 145 cm³/mol. The Morgan fingerprint density at radius 1 is 1.08 bits per heavy atom. The van der Waals surface area contributed by atoms with Crippen molar-refractivity contribution in [2.75, 3.05) is 39.3 Å². The molecule has 38 heavy (non-hydrogen) atoms. The van der Waals surface area contributed by atoms with Gasteiger partial charge in [-0.2, -0.15) is 4.31 Å². The van der Waals surface area contributed by atoms with E-state index >= 15 is 0 Å². The van der Waals surface area contributed by atoms with Crippen LogP contribution in [0.5, 0.6) is 0 Å². The van der Waals surface area contributed by atoms with Gasteiger partial charge in [0, 0.05) is 49.5 Å². The maximum atomic E-state index is 13.3. The Labute approximate surface area is 229 Å². The van der Waals surface area contributed by atoms with Crippen LogP contribution in [0.15, 0.2) is 70.8 Å². The lowest BCUT2D eigenvalue weighted by atomic mass is 9.94. The summed E-state index contributed by atoms with van der Waals surface area (Å²) in [5.74, 6) is -0.480. The molecule has 0 aliphatic carbocycles. The lowest BCUT2D eigenvalue weighted by Crippen LogP contribution is -2.56. The number of nitrogens with zero attached hydrogens (tertiary/aromatic N) is 3. The normalized spacial score (nSPS) is 21.4. The number of sulfonamides is 1. The molecule has 9 nitrogen and oxygen atoms in total. The van der Waals surface area contributed by atoms with Crippen LogP contribution < -0.4 is 5.32 Å². The van der Waals surface area contributed by atoms with Gasteiger partial charge in [-0.1, -0.05) is 41.9 Å². The Morgan fingerprint density at radius 3 is 2.37 bits per heavy atom. The third-order valence-electron chi connectivity index (χ3n) is 6.83. The number of ether oxygens (including phenoxy) is 1. The zero-order chi connectivity index (χ0) is 27.4. The van der Waals surface area contributed by atoms with Crippen LogP contribution in [-0.4, -0.2) is 79.9 Å². The third kappa shape index (κ3) is 5.73. The highest BCUT2D eigenvalue weighted by Crippen LogP contribution is 2.32. The first-order valence-corrected chi connectivity index (χ1v) is 14.5. The average molecular weight is 561 g/mol. The lowest BCUT2D eigenvalue weighted by molar-refractivity contribution is -0.139. The van der Waals surface area contributed by atoms with Crippen LogP contribution in [0.4, 0.5) is 4.79 Å². The van der Waals surface area contributed by atoms with Crippen molar-refractivity contribution in [3.8, 4) is 0 Å². The molecule has 0 aromatic heterocycles. The number of halogens is 1. The highest BCUT2D eigenvalue weighted by molar-refractivity contribution is 7.89. The second-order valence-corrected chi connectivity index (χ2v) is 11.6. The van der Waals surface area contributed by atoms with Gasteiger partial charge in [-0.05, 0) is 50.6 Å². The number of rotatable bonds is 8. The molecule has 0 bridgehead atoms. The molecule has 2 aromatic rings. The smallest absolute Gasteiger partial charge is 0.338 e. The molecular formula is C27H33ClN4O5S. The summed E-state index contributed by atoms with van der Waals surface area (Å²) in [6.07, 6.45) is 0. The van der Waals surface area contributed by atoms with Crippen molar-refractivity contribution in [3.05, 3.63) is 76.5 Å². The van der Waals surface area contributed by atoms with E-state index in [0.29, 0.717) is 42.5 Å². The van der Waals surface area contributed by atoms with E-state index in [-0.39, 0.29) is 30.1 Å². The fraction of sp³-hybridized carbons (Fsp3) is 0.407. The first-order chi connectivity index (χ1) is 18.2. The number of piperazine rings is 1. The maximum Gasteiger partial charge on any atom is 0.338 e. The van der Waals surface area contributed by atoms with Crippen LogP contribution >= 0.6 is 11.6 Å². The summed E-state index contributed by atoms with van der Waals surface area (Å²) in [4.78, 5) is 30.2. The highest BCUT2D eigenvalue weighted by atomic mass is 35.5. The minimum absolute atomic E-state index is 0.196. The molecule has 1 N–H and O–H groups in total. The molecule has 2 aromatic carbocycles. The van der Waals surface area contributed by atoms with Gasteiger partial charge in [0.2, 0.25) is 10.0 Å². The van der Waals surface area contributed by atoms with Crippen LogP contribution in [0, 0.1) is 0 Å². The van der Waals surface area contributed by atoms with Gasteiger partial charge < -0.3 is 10.1 Å². The largest absolute Gasteiger partial charge is 0.463 e. The van der Waals surface area contributed by atoms with E-state index in [9.17, 15) is 18.0 Å². The third-order valence-corrected chi connectivity index (χ3v) is 9.11. The van der Waals surface area contributed by atoms with Gasteiger partial charge in [-0.25, -0.2) is 18.0 Å². The summed E-state index contributed by atoms with van der Waals surface area (Å²) in [6.45, 7) is 7.47. The summed E-state index contributed by atoms with van der Waals surface area (Å²) >= 11 is 5.94. The van der Waals surface area contributed by atoms with Gasteiger partial charge in [0.05, 0.1) is 23.1 Å². The van der Waals surface area contributed by atoms with Gasteiger partial charge in [-0.15, -0.1) is 0 Å². The molecule has 1 fully saturated rings. The second-order valence-electron chi connectivity index (χ2n) is 9.27. The molecule has 2 atom stereocenters. The zero-order valence-electron chi connectivity index (χ0n) is 21.8. The van der Waals surface area contributed by atoms with Crippen molar-refractivity contribution < 1.29 is 22.7 Å². The number of carbonyl (C=O) groups excluding carboxylic acids is 2. The monoisotopic (exact) mass is 560 g/mol. The molecule has 1 saturated heterocycles. The van der Waals surface area contributed by atoms with Gasteiger partial charge in [0.25, 0.3) is 0 Å². The number of benzene rings is 2. The molecule has 2 amide bonds. The average Bonchev–Trinajstić information content (AvgIpc) is 2.89. The molecule has 2 heterocycles. The Bertz CT molecular complexity index is 1300. The number of carbonyl (C=O) groups is 2. The van der Waals surface area contributed by atoms with Crippen molar-refractivity contribution in [1.82, 2.24) is 19.4 Å². The van der Waals surface area contributed by atoms with E-state index in [1.807, 2.05) is 44.2 Å². The van der Waals surface area contributed by atoms with Crippen molar-refractivity contribution >= 4 is 33.6 Å². The summed E-state index contributed by atoms with van der Waals surface area (Å²) < 4.78 is 33.5. The number of esters is 1. The Kier molecular flexibility index (Phi) is 8.77. The van der Waals surface area contributed by atoms with Crippen LogP contribution in [0.1, 0.15) is 32.4 Å². The number of nitrogens with one attached hydrogen (secondary N) is 1. The molecule has 2 aliphatic heterocycles. The minimum Gasteiger partial charge on any atom is -0.463 e. The zero-order valence-corrected chi connectivity index (χ0v) is 23.3. The fourth-order valence-corrected chi connectivity index (χ4v) is 6.76. The highest BCUT2D eigenvalue weighted by Gasteiger charge is 2.40. The van der Waals surface area contributed by atoms with Crippen LogP contribution in [0.3, 0.4) is 0 Å². The summed E-state index contributed by atoms with van der Waals surface area (Å²) in [5, 5.41) is 3.43. The second kappa shape index (κ2) is 11.9. The van der Waals surface area contributed by atoms with E-state index in [1.54, 1.807) is 24.0 Å². The van der Waals surface area contributed by atoms with Crippen LogP contribution in [0.25, 0.3) is 0 Å². The fourth-order valence-electron chi connectivity index (χ4n) is 5.02. The number of hydrogen-bond donors (Lipinski definition) is 1. The van der Waals surface area contributed by atoms with E-state index in [2.05, 4.69) is 10.2 Å². The van der Waals surface area contributed by atoms with E-state index < -0.39 is 22.0 Å². The number of likely N-dealkylation sites (N-methyl/N-ethyl adjacent to an activating group) is 1. The van der Waals surface area contributed by atoms with Gasteiger partial charge in [0.15, 0.2) is 0 Å². The van der Waals surface area contributed by atoms with Gasteiger partial charge >= 0.3 is 12.0 Å². The quantitative estimate of drug-likeness (QED) is 0.495. The van der Waals surface area contributed by atoms with Crippen molar-refractivity contribution in [2.45, 2.75) is 37.8 Å². The van der Waals surface area contributed by atoms with E-state index in [1.165, 1.54) is 16.4 Å². The minimum atomic E-state index is -3.70. The SMILES string of the molecule is CCOC(=O)C1=C(CN2CCN(S(=O)(=O)c3ccc(Cl)cc3)C(C)C2)N(CC)C(=O)NC1c1ccccc1. The molecule has 204 valence electrons. The summed E-state index contributed by atoms with van der Waals surface area (Å²) in [5.41, 5.74) is 1.75. The van der Waals surface area contributed by atoms with Crippen LogP contribution in [-0.2, 0) is 19.6 Å². The Hall–Kier alpha value is -2.92. The molecule has 0 radical (unpaired) electrons. The number of urea groups is 1. The van der Waals surface area contributed by atoms with Crippen molar-refractivity contribution in [2.24, 2.45) is 0 Å². The standard InChI is InChI=1S/C27H33ClN4O5S/c1-4-31-23(24(26(33)37-5-2)25(29-27(31)34)20-9-7-6-8-10-20)18-30-15-16-32(19(3)17-30)38(35,36)22-13-11-21(28)12-14-22/h6-14,19,25H,4-5,15-18H2,1-3H3,(H,29,34). The molecule has 11 heteroatoms. The van der Waals surface area contributed by atoms with E-state index in [4.69, 9.17) is 16.3 Å². The molecule has 0 spiro atoms. The molecule has 2 unspecified atom stereocenters. The Morgan fingerprint density at radius 2 is 1.76 bits per heavy atom. The van der Waals surface area contributed by atoms with Crippen molar-refractivity contribution in [3.63, 3.8) is 0 Å². The maximum absolute atomic E-state index is 13.3. The predicted octanol–water partition coefficient (Wildman–Crippen LogP) is 3.64. The first kappa shape index (κ1) is 28.1. The topological polar surface area (TPSA) is 99.3 Å². The Balaban J connectivity index is 1.63. The molecular weight excluding hydrogens is 528 g/mol. The van der Waals surface area contributed by atoms with E-state index in [0.717, 1.165) is 5.56 Å². The first-order valence-electron chi connectivity index (χ1n) is 12.7. The molecule has 0 saturated carbocycles. The molecule has 2 aliphatic rings. The number of amides is 2. The number of hydrogen-bond acceptors (Lipinski definition) is 6. The van der Waals surface area contributed by atoms with Crippen molar-refractivity contribution in [1.29, 1.82) is 0 Å².